The standard InChI is InChI=1S/C19H18N2O4/c1-3-24-19(23)15-13(2)25-17-16(15)18(22)21(12-20-17)11-7-10-14-8-5-4-6-9-14/h4-10,12H,3,11H2,1-2H3/b10-7+. The summed E-state index contributed by atoms with van der Waals surface area (Å²) in [6.07, 6.45) is 5.20. The van der Waals surface area contributed by atoms with Gasteiger partial charge in [-0.3, -0.25) is 9.36 Å². The molecular formula is C19H18N2O4. The van der Waals surface area contributed by atoms with Crippen LogP contribution in [-0.2, 0) is 11.3 Å². The average Bonchev–Trinajstić information content (AvgIpc) is 2.95. The number of hydrogen-bond acceptors (Lipinski definition) is 5. The van der Waals surface area contributed by atoms with Gasteiger partial charge >= 0.3 is 5.97 Å². The highest BCUT2D eigenvalue weighted by atomic mass is 16.5. The summed E-state index contributed by atoms with van der Waals surface area (Å²) in [5, 5.41) is 0.159. The molecule has 0 spiro atoms. The van der Waals surface area contributed by atoms with Crippen LogP contribution in [0, 0.1) is 6.92 Å². The maximum absolute atomic E-state index is 12.7. The van der Waals surface area contributed by atoms with Gasteiger partial charge in [0.15, 0.2) is 0 Å². The Balaban J connectivity index is 1.96. The minimum Gasteiger partial charge on any atom is -0.462 e. The first kappa shape index (κ1) is 16.7. The third kappa shape index (κ3) is 3.38. The number of carbonyl (C=O) groups excluding carboxylic acids is 1. The van der Waals surface area contributed by atoms with Crippen LogP contribution in [0.4, 0.5) is 0 Å². The maximum Gasteiger partial charge on any atom is 0.342 e. The summed E-state index contributed by atoms with van der Waals surface area (Å²) < 4.78 is 11.9. The Morgan fingerprint density at radius 3 is 2.80 bits per heavy atom. The quantitative estimate of drug-likeness (QED) is 0.668. The first-order chi connectivity index (χ1) is 12.1. The van der Waals surface area contributed by atoms with Gasteiger partial charge in [0.1, 0.15) is 23.0 Å². The predicted octanol–water partition coefficient (Wildman–Crippen LogP) is 3.19. The van der Waals surface area contributed by atoms with Crippen LogP contribution >= 0.6 is 0 Å². The van der Waals surface area contributed by atoms with Gasteiger partial charge in [-0.2, -0.15) is 0 Å². The second-order valence-corrected chi connectivity index (χ2v) is 5.45. The lowest BCUT2D eigenvalue weighted by Crippen LogP contribution is -2.21. The number of benzene rings is 1. The highest BCUT2D eigenvalue weighted by Crippen LogP contribution is 2.21. The van der Waals surface area contributed by atoms with Gasteiger partial charge < -0.3 is 9.15 Å². The second kappa shape index (κ2) is 7.17. The number of aryl methyl sites for hydroxylation is 1. The van der Waals surface area contributed by atoms with E-state index in [1.54, 1.807) is 13.8 Å². The molecule has 3 rings (SSSR count). The number of furan rings is 1. The lowest BCUT2D eigenvalue weighted by Gasteiger charge is -2.02. The fourth-order valence-electron chi connectivity index (χ4n) is 2.58. The van der Waals surface area contributed by atoms with Crippen LogP contribution in [0.25, 0.3) is 17.2 Å². The number of ether oxygens (including phenoxy) is 1. The topological polar surface area (TPSA) is 74.3 Å². The van der Waals surface area contributed by atoms with Crippen molar-refractivity contribution in [2.45, 2.75) is 20.4 Å². The molecule has 2 heterocycles. The van der Waals surface area contributed by atoms with Crippen molar-refractivity contribution < 1.29 is 13.9 Å². The van der Waals surface area contributed by atoms with Gasteiger partial charge in [-0.05, 0) is 19.4 Å². The minimum atomic E-state index is -0.574. The number of aromatic nitrogens is 2. The summed E-state index contributed by atoms with van der Waals surface area (Å²) in [4.78, 5) is 29.0. The molecule has 0 radical (unpaired) electrons. The van der Waals surface area contributed by atoms with Crippen LogP contribution in [0.1, 0.15) is 28.6 Å². The molecule has 0 bridgehead atoms. The lowest BCUT2D eigenvalue weighted by molar-refractivity contribution is 0.0526. The zero-order valence-corrected chi connectivity index (χ0v) is 14.1. The van der Waals surface area contributed by atoms with E-state index in [9.17, 15) is 9.59 Å². The molecule has 0 unspecified atom stereocenters. The highest BCUT2D eigenvalue weighted by molar-refractivity contribution is 6.03. The normalized spacial score (nSPS) is 11.3. The Labute approximate surface area is 144 Å². The monoisotopic (exact) mass is 338 g/mol. The summed E-state index contributed by atoms with van der Waals surface area (Å²) in [6.45, 7) is 3.88. The molecule has 0 saturated carbocycles. The Bertz CT molecular complexity index is 984. The van der Waals surface area contributed by atoms with E-state index in [-0.39, 0.29) is 28.8 Å². The fraction of sp³-hybridized carbons (Fsp3) is 0.211. The number of hydrogen-bond donors (Lipinski definition) is 0. The van der Waals surface area contributed by atoms with Crippen molar-refractivity contribution in [3.05, 3.63) is 70.0 Å². The van der Waals surface area contributed by atoms with Crippen LogP contribution in [-0.4, -0.2) is 22.1 Å². The molecule has 0 fully saturated rings. The summed E-state index contributed by atoms with van der Waals surface area (Å²) in [6, 6.07) is 9.77. The molecule has 1 aromatic carbocycles. The molecule has 2 aromatic heterocycles. The summed E-state index contributed by atoms with van der Waals surface area (Å²) in [5.74, 6) is -0.245. The lowest BCUT2D eigenvalue weighted by atomic mass is 10.2. The molecule has 6 heteroatoms. The number of carbonyl (C=O) groups is 1. The highest BCUT2D eigenvalue weighted by Gasteiger charge is 2.23. The van der Waals surface area contributed by atoms with Gasteiger partial charge in [0.25, 0.3) is 5.56 Å². The third-order valence-corrected chi connectivity index (χ3v) is 3.75. The Morgan fingerprint density at radius 1 is 1.32 bits per heavy atom. The van der Waals surface area contributed by atoms with Crippen molar-refractivity contribution in [2.24, 2.45) is 0 Å². The van der Waals surface area contributed by atoms with E-state index in [1.165, 1.54) is 10.9 Å². The molecule has 0 N–H and O–H groups in total. The Morgan fingerprint density at radius 2 is 2.08 bits per heavy atom. The van der Waals surface area contributed by atoms with E-state index >= 15 is 0 Å². The van der Waals surface area contributed by atoms with E-state index in [0.717, 1.165) is 5.56 Å². The van der Waals surface area contributed by atoms with Crippen molar-refractivity contribution in [3.63, 3.8) is 0 Å². The zero-order chi connectivity index (χ0) is 17.8. The largest absolute Gasteiger partial charge is 0.462 e. The van der Waals surface area contributed by atoms with Gasteiger partial charge in [-0.15, -0.1) is 0 Å². The molecule has 0 aliphatic rings. The third-order valence-electron chi connectivity index (χ3n) is 3.75. The predicted molar refractivity (Wildman–Crippen MR) is 94.4 cm³/mol. The molecule has 0 amide bonds. The molecule has 25 heavy (non-hydrogen) atoms. The second-order valence-electron chi connectivity index (χ2n) is 5.45. The molecule has 6 nitrogen and oxygen atoms in total. The van der Waals surface area contributed by atoms with Gasteiger partial charge in [-0.1, -0.05) is 42.5 Å². The Hall–Kier alpha value is -3.15. The molecule has 3 aromatic rings. The van der Waals surface area contributed by atoms with Gasteiger partial charge in [0, 0.05) is 6.54 Å². The number of nitrogens with zero attached hydrogens (tertiary/aromatic N) is 2. The van der Waals surface area contributed by atoms with Crippen LogP contribution in [0.15, 0.2) is 51.9 Å². The smallest absolute Gasteiger partial charge is 0.342 e. The Kier molecular flexibility index (Phi) is 4.79. The van der Waals surface area contributed by atoms with Crippen molar-refractivity contribution in [2.75, 3.05) is 6.61 Å². The SMILES string of the molecule is CCOC(=O)c1c(C)oc2ncn(C/C=C/c3ccccc3)c(=O)c12. The maximum atomic E-state index is 12.7. The van der Waals surface area contributed by atoms with Crippen molar-refractivity contribution in [1.82, 2.24) is 9.55 Å². The molecule has 0 saturated heterocycles. The molecule has 128 valence electrons. The van der Waals surface area contributed by atoms with E-state index in [1.807, 2.05) is 42.5 Å². The molecule has 0 aliphatic carbocycles. The van der Waals surface area contributed by atoms with E-state index in [4.69, 9.17) is 9.15 Å². The van der Waals surface area contributed by atoms with Gasteiger partial charge in [0.05, 0.1) is 6.61 Å². The zero-order valence-electron chi connectivity index (χ0n) is 14.1. The first-order valence-corrected chi connectivity index (χ1v) is 7.99. The molecule has 0 atom stereocenters. The number of fused-ring (bicyclic) bond motifs is 1. The van der Waals surface area contributed by atoms with Crippen LogP contribution in [0.5, 0.6) is 0 Å². The van der Waals surface area contributed by atoms with Crippen LogP contribution in [0.2, 0.25) is 0 Å². The van der Waals surface area contributed by atoms with Crippen molar-refractivity contribution >= 4 is 23.1 Å². The average molecular weight is 338 g/mol. The van der Waals surface area contributed by atoms with E-state index < -0.39 is 5.97 Å². The first-order valence-electron chi connectivity index (χ1n) is 7.99. The summed E-state index contributed by atoms with van der Waals surface area (Å²) in [5.41, 5.74) is 1.00. The number of allylic oxidation sites excluding steroid dienone is 1. The fourth-order valence-corrected chi connectivity index (χ4v) is 2.58. The summed E-state index contributed by atoms with van der Waals surface area (Å²) in [7, 11) is 0. The van der Waals surface area contributed by atoms with Gasteiger partial charge in [0.2, 0.25) is 5.71 Å². The van der Waals surface area contributed by atoms with E-state index in [2.05, 4.69) is 4.98 Å². The van der Waals surface area contributed by atoms with Crippen LogP contribution < -0.4 is 5.56 Å². The summed E-state index contributed by atoms with van der Waals surface area (Å²) >= 11 is 0. The van der Waals surface area contributed by atoms with Crippen molar-refractivity contribution in [1.29, 1.82) is 0 Å². The van der Waals surface area contributed by atoms with Gasteiger partial charge in [-0.25, -0.2) is 9.78 Å². The number of rotatable bonds is 5. The molecule has 0 aliphatic heterocycles. The van der Waals surface area contributed by atoms with Crippen LogP contribution in [0.3, 0.4) is 0 Å². The number of esters is 1. The minimum absolute atomic E-state index is 0.147. The van der Waals surface area contributed by atoms with Crippen molar-refractivity contribution in [3.8, 4) is 0 Å². The van der Waals surface area contributed by atoms with E-state index in [0.29, 0.717) is 12.3 Å². The molecular weight excluding hydrogens is 320 g/mol.